The van der Waals surface area contributed by atoms with Gasteiger partial charge in [0.15, 0.2) is 0 Å². The molecule has 0 bridgehead atoms. The molecule has 0 spiro atoms. The lowest BCUT2D eigenvalue weighted by molar-refractivity contribution is 0.615. The van der Waals surface area contributed by atoms with Crippen LogP contribution in [0.15, 0.2) is 18.3 Å². The van der Waals surface area contributed by atoms with Crippen LogP contribution in [0.2, 0.25) is 5.15 Å². The Morgan fingerprint density at radius 1 is 1.44 bits per heavy atom. The van der Waals surface area contributed by atoms with Gasteiger partial charge in [-0.2, -0.15) is 0 Å². The fraction of sp³-hybridized carbons (Fsp3) is 0.545. The summed E-state index contributed by atoms with van der Waals surface area (Å²) in [6.45, 7) is 7.75. The summed E-state index contributed by atoms with van der Waals surface area (Å²) < 4.78 is 14.6. The predicted molar refractivity (Wildman–Crippen MR) is 68.7 cm³/mol. The minimum absolute atomic E-state index is 0.00942. The maximum Gasteiger partial charge on any atom is 0.129 e. The number of nitrogens with one attached hydrogen (secondary N) is 1. The molecule has 2 atom stereocenters. The lowest BCUT2D eigenvalue weighted by atomic mass is 10.2. The summed E-state index contributed by atoms with van der Waals surface area (Å²) in [7, 11) is -1.08. The molecule has 16 heavy (non-hydrogen) atoms. The van der Waals surface area contributed by atoms with Crippen molar-refractivity contribution in [3.8, 4) is 0 Å². The second-order valence-corrected chi connectivity index (χ2v) is 7.02. The zero-order valence-corrected chi connectivity index (χ0v) is 11.5. The summed E-state index contributed by atoms with van der Waals surface area (Å²) in [5.74, 6) is 0. The van der Waals surface area contributed by atoms with Crippen LogP contribution in [-0.2, 0) is 11.0 Å². The molecule has 0 aliphatic heterocycles. The van der Waals surface area contributed by atoms with Crippen molar-refractivity contribution in [3.63, 3.8) is 0 Å². The molecule has 0 saturated carbocycles. The molecule has 1 rings (SSSR count). The Kier molecular flexibility index (Phi) is 4.47. The van der Waals surface area contributed by atoms with Crippen LogP contribution in [-0.4, -0.2) is 13.9 Å². The van der Waals surface area contributed by atoms with Gasteiger partial charge in [0.2, 0.25) is 0 Å². The molecular formula is C11H17ClN2OS. The molecule has 0 amide bonds. The minimum Gasteiger partial charge on any atom is -0.244 e. The lowest BCUT2D eigenvalue weighted by Gasteiger charge is -2.21. The highest BCUT2D eigenvalue weighted by Gasteiger charge is 2.21. The Labute approximate surface area is 104 Å². The van der Waals surface area contributed by atoms with E-state index < -0.39 is 11.0 Å². The highest BCUT2D eigenvalue weighted by atomic mass is 35.5. The normalized spacial score (nSPS) is 15.8. The zero-order valence-electron chi connectivity index (χ0n) is 9.95. The molecule has 1 aromatic rings. The van der Waals surface area contributed by atoms with Crippen molar-refractivity contribution in [2.24, 2.45) is 0 Å². The maximum atomic E-state index is 11.9. The van der Waals surface area contributed by atoms with Crippen LogP contribution < -0.4 is 4.72 Å². The summed E-state index contributed by atoms with van der Waals surface area (Å²) in [5.41, 5.74) is 0.974. The van der Waals surface area contributed by atoms with E-state index in [2.05, 4.69) is 9.71 Å². The van der Waals surface area contributed by atoms with E-state index in [9.17, 15) is 4.21 Å². The number of hydrogen-bond donors (Lipinski definition) is 1. The molecule has 0 fully saturated rings. The topological polar surface area (TPSA) is 42.0 Å². The van der Waals surface area contributed by atoms with Crippen LogP contribution in [0.5, 0.6) is 0 Å². The van der Waals surface area contributed by atoms with E-state index in [0.717, 1.165) is 5.56 Å². The molecule has 0 aliphatic rings. The van der Waals surface area contributed by atoms with E-state index in [-0.39, 0.29) is 10.8 Å². The summed E-state index contributed by atoms with van der Waals surface area (Å²) in [6, 6.07) is 3.60. The minimum atomic E-state index is -1.08. The van der Waals surface area contributed by atoms with Crippen LogP contribution in [0.25, 0.3) is 0 Å². The Hall–Kier alpha value is -0.450. The molecule has 3 nitrogen and oxygen atoms in total. The Bertz CT molecular complexity index is 373. The number of rotatable bonds is 3. The highest BCUT2D eigenvalue weighted by Crippen LogP contribution is 2.17. The van der Waals surface area contributed by atoms with Gasteiger partial charge in [-0.25, -0.2) is 13.9 Å². The molecule has 90 valence electrons. The van der Waals surface area contributed by atoms with E-state index in [1.807, 2.05) is 33.8 Å². The standard InChI is InChI=1S/C11H17ClN2OS/c1-8(14-16(15)11(2,3)4)9-5-6-10(12)13-7-9/h5-8,14H,1-4H3/t8-,16+/m0/s1. The summed E-state index contributed by atoms with van der Waals surface area (Å²) >= 11 is 5.70. The molecule has 0 radical (unpaired) electrons. The van der Waals surface area contributed by atoms with E-state index in [4.69, 9.17) is 11.6 Å². The number of hydrogen-bond acceptors (Lipinski definition) is 2. The van der Waals surface area contributed by atoms with E-state index >= 15 is 0 Å². The molecule has 1 N–H and O–H groups in total. The van der Waals surface area contributed by atoms with Gasteiger partial charge in [-0.3, -0.25) is 0 Å². The Morgan fingerprint density at radius 3 is 2.50 bits per heavy atom. The quantitative estimate of drug-likeness (QED) is 0.850. The van der Waals surface area contributed by atoms with Crippen molar-refractivity contribution < 1.29 is 4.21 Å². The predicted octanol–water partition coefficient (Wildman–Crippen LogP) is 2.85. The Morgan fingerprint density at radius 2 is 2.06 bits per heavy atom. The Balaban J connectivity index is 2.69. The summed E-state index contributed by atoms with van der Waals surface area (Å²) in [5, 5.41) is 0.466. The van der Waals surface area contributed by atoms with E-state index in [1.165, 1.54) is 0 Å². The third kappa shape index (κ3) is 3.85. The first-order valence-corrected chi connectivity index (χ1v) is 6.63. The van der Waals surface area contributed by atoms with Gasteiger partial charge in [0.05, 0.1) is 15.7 Å². The van der Waals surface area contributed by atoms with Gasteiger partial charge in [0, 0.05) is 12.2 Å². The molecule has 5 heteroatoms. The zero-order chi connectivity index (χ0) is 12.3. The molecule has 0 saturated heterocycles. The molecule has 0 aliphatic carbocycles. The van der Waals surface area contributed by atoms with Gasteiger partial charge < -0.3 is 0 Å². The number of halogens is 1. The SMILES string of the molecule is C[C@H](N[S@](=O)C(C)(C)C)c1ccc(Cl)nc1. The first-order valence-electron chi connectivity index (χ1n) is 5.10. The average molecular weight is 261 g/mol. The van der Waals surface area contributed by atoms with Crippen molar-refractivity contribution in [1.82, 2.24) is 9.71 Å². The first kappa shape index (κ1) is 13.6. The second-order valence-electron chi connectivity index (χ2n) is 4.63. The van der Waals surface area contributed by atoms with E-state index in [0.29, 0.717) is 5.15 Å². The molecule has 1 heterocycles. The van der Waals surface area contributed by atoms with Crippen molar-refractivity contribution in [2.45, 2.75) is 38.5 Å². The van der Waals surface area contributed by atoms with Crippen molar-refractivity contribution >= 4 is 22.6 Å². The maximum absolute atomic E-state index is 11.9. The van der Waals surface area contributed by atoms with Crippen molar-refractivity contribution in [1.29, 1.82) is 0 Å². The lowest BCUT2D eigenvalue weighted by Crippen LogP contribution is -2.34. The summed E-state index contributed by atoms with van der Waals surface area (Å²) in [4.78, 5) is 4.00. The van der Waals surface area contributed by atoms with Crippen LogP contribution in [0.1, 0.15) is 39.3 Å². The van der Waals surface area contributed by atoms with Crippen LogP contribution in [0, 0.1) is 0 Å². The highest BCUT2D eigenvalue weighted by molar-refractivity contribution is 7.84. The molecule has 0 aromatic carbocycles. The van der Waals surface area contributed by atoms with E-state index in [1.54, 1.807) is 12.3 Å². The fourth-order valence-electron chi connectivity index (χ4n) is 1.05. The van der Waals surface area contributed by atoms with Gasteiger partial charge in [0.25, 0.3) is 0 Å². The largest absolute Gasteiger partial charge is 0.244 e. The number of nitrogens with zero attached hydrogens (tertiary/aromatic N) is 1. The number of aromatic nitrogens is 1. The average Bonchev–Trinajstić information content (AvgIpc) is 2.17. The third-order valence-corrected chi connectivity index (χ3v) is 3.99. The van der Waals surface area contributed by atoms with Gasteiger partial charge in [-0.1, -0.05) is 17.7 Å². The fourth-order valence-corrected chi connectivity index (χ4v) is 1.97. The molecule has 0 unspecified atom stereocenters. The van der Waals surface area contributed by atoms with Crippen molar-refractivity contribution in [3.05, 3.63) is 29.0 Å². The van der Waals surface area contributed by atoms with Gasteiger partial charge in [-0.15, -0.1) is 0 Å². The molecular weight excluding hydrogens is 244 g/mol. The van der Waals surface area contributed by atoms with Crippen LogP contribution >= 0.6 is 11.6 Å². The first-order chi connectivity index (χ1) is 7.30. The monoisotopic (exact) mass is 260 g/mol. The van der Waals surface area contributed by atoms with Crippen LogP contribution in [0.3, 0.4) is 0 Å². The second kappa shape index (κ2) is 5.25. The summed E-state index contributed by atoms with van der Waals surface area (Å²) in [6.07, 6.45) is 1.69. The third-order valence-electron chi connectivity index (χ3n) is 2.09. The van der Waals surface area contributed by atoms with Gasteiger partial charge >= 0.3 is 0 Å². The van der Waals surface area contributed by atoms with Gasteiger partial charge in [0.1, 0.15) is 5.15 Å². The smallest absolute Gasteiger partial charge is 0.129 e. The number of pyridine rings is 1. The van der Waals surface area contributed by atoms with Crippen molar-refractivity contribution in [2.75, 3.05) is 0 Å². The van der Waals surface area contributed by atoms with Gasteiger partial charge in [-0.05, 0) is 39.3 Å². The van der Waals surface area contributed by atoms with Crippen LogP contribution in [0.4, 0.5) is 0 Å². The molecule has 1 aromatic heterocycles.